The topological polar surface area (TPSA) is 24.9 Å². The Morgan fingerprint density at radius 3 is 2.61 bits per heavy atom. The van der Waals surface area contributed by atoms with Crippen molar-refractivity contribution in [3.05, 3.63) is 35.1 Å². The number of rotatable bonds is 3. The number of nitrogens with zero attached hydrogens (tertiary/aromatic N) is 1. The number of benzene rings is 1. The van der Waals surface area contributed by atoms with E-state index in [9.17, 15) is 4.39 Å². The van der Waals surface area contributed by atoms with Crippen LogP contribution in [0.1, 0.15) is 37.8 Å². The maximum atomic E-state index is 13.4. The largest absolute Gasteiger partial charge is 0.370 e. The van der Waals surface area contributed by atoms with Crippen LogP contribution in [0.5, 0.6) is 0 Å². The summed E-state index contributed by atoms with van der Waals surface area (Å²) in [6.45, 7) is 9.01. The van der Waals surface area contributed by atoms with Crippen LogP contribution in [0.3, 0.4) is 0 Å². The molecular weight excluding hydrogens is 227 g/mol. The number of halogens is 1. The van der Waals surface area contributed by atoms with E-state index in [-0.39, 0.29) is 5.82 Å². The summed E-state index contributed by atoms with van der Waals surface area (Å²) in [6.07, 6.45) is 0. The molecule has 0 aliphatic heterocycles. The van der Waals surface area contributed by atoms with Crippen molar-refractivity contribution in [3.63, 3.8) is 0 Å². The van der Waals surface area contributed by atoms with E-state index in [4.69, 9.17) is 0 Å². The lowest BCUT2D eigenvalue weighted by atomic mass is 10.0. The summed E-state index contributed by atoms with van der Waals surface area (Å²) in [5.41, 5.74) is 2.88. The van der Waals surface area contributed by atoms with Gasteiger partial charge in [-0.3, -0.25) is 0 Å². The van der Waals surface area contributed by atoms with Crippen LogP contribution in [-0.2, 0) is 0 Å². The number of pyridine rings is 1. The van der Waals surface area contributed by atoms with Crippen molar-refractivity contribution >= 4 is 16.7 Å². The molecule has 0 saturated heterocycles. The molecule has 96 valence electrons. The molecule has 0 radical (unpaired) electrons. The molecule has 0 spiro atoms. The van der Waals surface area contributed by atoms with E-state index < -0.39 is 0 Å². The van der Waals surface area contributed by atoms with Crippen LogP contribution in [0.25, 0.3) is 10.9 Å². The Bertz CT molecular complexity index is 576. The third-order valence-corrected chi connectivity index (χ3v) is 3.07. The van der Waals surface area contributed by atoms with Crippen LogP contribution in [0.15, 0.2) is 18.2 Å². The highest BCUT2D eigenvalue weighted by Crippen LogP contribution is 2.28. The Kier molecular flexibility index (Phi) is 3.50. The number of nitrogens with one attached hydrogen (secondary N) is 1. The molecule has 1 heterocycles. The van der Waals surface area contributed by atoms with Crippen LogP contribution in [0.4, 0.5) is 10.2 Å². The molecule has 0 unspecified atom stereocenters. The molecule has 0 atom stereocenters. The number of aryl methyl sites for hydroxylation is 1. The molecule has 1 aromatic carbocycles. The van der Waals surface area contributed by atoms with Gasteiger partial charge in [0.25, 0.3) is 0 Å². The third-order valence-electron chi connectivity index (χ3n) is 3.07. The standard InChI is InChI=1S/C15H19FN2/c1-5-17-15-13(9(2)3)8-11-7-12(16)6-10(4)14(11)18-15/h6-9H,5H2,1-4H3,(H,17,18). The number of hydrogen-bond acceptors (Lipinski definition) is 2. The van der Waals surface area contributed by atoms with Gasteiger partial charge in [-0.25, -0.2) is 9.37 Å². The SMILES string of the molecule is CCNc1nc2c(C)cc(F)cc2cc1C(C)C. The molecular formula is C15H19FN2. The summed E-state index contributed by atoms with van der Waals surface area (Å²) in [7, 11) is 0. The quantitative estimate of drug-likeness (QED) is 0.876. The zero-order valence-corrected chi connectivity index (χ0v) is 11.3. The van der Waals surface area contributed by atoms with Gasteiger partial charge in [-0.2, -0.15) is 0 Å². The van der Waals surface area contributed by atoms with Crippen LogP contribution >= 0.6 is 0 Å². The van der Waals surface area contributed by atoms with Crippen LogP contribution < -0.4 is 5.32 Å². The van der Waals surface area contributed by atoms with Gasteiger partial charge in [0, 0.05) is 11.9 Å². The van der Waals surface area contributed by atoms with Gasteiger partial charge in [0.2, 0.25) is 0 Å². The zero-order valence-electron chi connectivity index (χ0n) is 11.3. The Balaban J connectivity index is 2.72. The molecule has 2 aromatic rings. The molecule has 0 aliphatic carbocycles. The summed E-state index contributed by atoms with van der Waals surface area (Å²) in [5.74, 6) is 1.07. The molecule has 0 saturated carbocycles. The van der Waals surface area contributed by atoms with E-state index in [2.05, 4.69) is 24.1 Å². The van der Waals surface area contributed by atoms with Crippen LogP contribution in [0, 0.1) is 12.7 Å². The fourth-order valence-electron chi connectivity index (χ4n) is 2.19. The first-order valence-corrected chi connectivity index (χ1v) is 6.37. The summed E-state index contributed by atoms with van der Waals surface area (Å²) < 4.78 is 13.4. The average molecular weight is 246 g/mol. The molecule has 18 heavy (non-hydrogen) atoms. The van der Waals surface area contributed by atoms with E-state index in [1.807, 2.05) is 19.9 Å². The van der Waals surface area contributed by atoms with E-state index >= 15 is 0 Å². The van der Waals surface area contributed by atoms with Gasteiger partial charge in [0.05, 0.1) is 5.52 Å². The summed E-state index contributed by atoms with van der Waals surface area (Å²) >= 11 is 0. The highest BCUT2D eigenvalue weighted by Gasteiger charge is 2.11. The first kappa shape index (κ1) is 12.8. The summed E-state index contributed by atoms with van der Waals surface area (Å²) in [6, 6.07) is 5.12. The van der Waals surface area contributed by atoms with Crippen molar-refractivity contribution in [1.82, 2.24) is 4.98 Å². The van der Waals surface area contributed by atoms with Gasteiger partial charge in [-0.1, -0.05) is 13.8 Å². The van der Waals surface area contributed by atoms with E-state index in [1.165, 1.54) is 6.07 Å². The predicted molar refractivity (Wildman–Crippen MR) is 74.7 cm³/mol. The second kappa shape index (κ2) is 4.92. The minimum absolute atomic E-state index is 0.201. The zero-order chi connectivity index (χ0) is 13.3. The molecule has 2 nitrogen and oxygen atoms in total. The van der Waals surface area contributed by atoms with E-state index in [1.54, 1.807) is 6.07 Å². The van der Waals surface area contributed by atoms with Crippen LogP contribution in [-0.4, -0.2) is 11.5 Å². The second-order valence-corrected chi connectivity index (χ2v) is 4.91. The van der Waals surface area contributed by atoms with E-state index in [0.29, 0.717) is 5.92 Å². The average Bonchev–Trinajstić information content (AvgIpc) is 2.29. The van der Waals surface area contributed by atoms with E-state index in [0.717, 1.165) is 34.4 Å². The van der Waals surface area contributed by atoms with Crippen molar-refractivity contribution < 1.29 is 4.39 Å². The fourth-order valence-corrected chi connectivity index (χ4v) is 2.19. The number of fused-ring (bicyclic) bond motifs is 1. The first-order chi connectivity index (χ1) is 8.52. The Labute approximate surface area is 107 Å². The molecule has 0 amide bonds. The Hall–Kier alpha value is -1.64. The Morgan fingerprint density at radius 1 is 1.28 bits per heavy atom. The van der Waals surface area contributed by atoms with Gasteiger partial charge < -0.3 is 5.32 Å². The lowest BCUT2D eigenvalue weighted by molar-refractivity contribution is 0.628. The number of anilines is 1. The van der Waals surface area contributed by atoms with Gasteiger partial charge in [0.15, 0.2) is 0 Å². The lowest BCUT2D eigenvalue weighted by Gasteiger charge is -2.15. The summed E-state index contributed by atoms with van der Waals surface area (Å²) in [4.78, 5) is 4.65. The molecule has 3 heteroatoms. The van der Waals surface area contributed by atoms with Crippen molar-refractivity contribution in [2.24, 2.45) is 0 Å². The number of hydrogen-bond donors (Lipinski definition) is 1. The Morgan fingerprint density at radius 2 is 2.00 bits per heavy atom. The molecule has 1 N–H and O–H groups in total. The molecule has 0 bridgehead atoms. The maximum Gasteiger partial charge on any atom is 0.130 e. The van der Waals surface area contributed by atoms with Crippen molar-refractivity contribution in [3.8, 4) is 0 Å². The highest BCUT2D eigenvalue weighted by molar-refractivity contribution is 5.84. The maximum absolute atomic E-state index is 13.4. The number of aromatic nitrogens is 1. The van der Waals surface area contributed by atoms with Crippen molar-refractivity contribution in [2.75, 3.05) is 11.9 Å². The molecule has 0 aliphatic rings. The van der Waals surface area contributed by atoms with Crippen molar-refractivity contribution in [2.45, 2.75) is 33.6 Å². The van der Waals surface area contributed by atoms with Gasteiger partial charge in [-0.05, 0) is 49.1 Å². The highest BCUT2D eigenvalue weighted by atomic mass is 19.1. The smallest absolute Gasteiger partial charge is 0.130 e. The molecule has 1 aromatic heterocycles. The minimum Gasteiger partial charge on any atom is -0.370 e. The first-order valence-electron chi connectivity index (χ1n) is 6.37. The summed E-state index contributed by atoms with van der Waals surface area (Å²) in [5, 5.41) is 4.16. The van der Waals surface area contributed by atoms with Crippen LogP contribution in [0.2, 0.25) is 0 Å². The minimum atomic E-state index is -0.201. The van der Waals surface area contributed by atoms with Gasteiger partial charge in [0.1, 0.15) is 11.6 Å². The second-order valence-electron chi connectivity index (χ2n) is 4.91. The molecule has 2 rings (SSSR count). The van der Waals surface area contributed by atoms with Gasteiger partial charge >= 0.3 is 0 Å². The predicted octanol–water partition coefficient (Wildman–Crippen LogP) is 4.24. The fraction of sp³-hybridized carbons (Fsp3) is 0.400. The normalized spacial score (nSPS) is 11.2. The third kappa shape index (κ3) is 2.30. The molecule has 0 fully saturated rings. The monoisotopic (exact) mass is 246 g/mol. The van der Waals surface area contributed by atoms with Gasteiger partial charge in [-0.15, -0.1) is 0 Å². The lowest BCUT2D eigenvalue weighted by Crippen LogP contribution is -2.05. The van der Waals surface area contributed by atoms with Crippen molar-refractivity contribution in [1.29, 1.82) is 0 Å².